The lowest BCUT2D eigenvalue weighted by Gasteiger charge is -2.33. The normalized spacial score (nSPS) is 29.4. The van der Waals surface area contributed by atoms with E-state index in [-0.39, 0.29) is 25.0 Å². The predicted molar refractivity (Wildman–Crippen MR) is 126 cm³/mol. The molecule has 1 aromatic carbocycles. The van der Waals surface area contributed by atoms with Crippen LogP contribution in [0.5, 0.6) is 0 Å². The van der Waals surface area contributed by atoms with Crippen molar-refractivity contribution in [1.82, 2.24) is 4.90 Å². The summed E-state index contributed by atoms with van der Waals surface area (Å²) in [5.74, 6) is -2.24. The Kier molecular flexibility index (Phi) is 7.28. The SMILES string of the molecule is CCOC(=O)[C@@H]1[C@@H]2CCC3(O2)C(C(=O)Nc2cc(C)ccc2C)N(CCCCCCO)C(=O)[C@H]13. The van der Waals surface area contributed by atoms with E-state index in [0.717, 1.165) is 36.1 Å². The Morgan fingerprint density at radius 1 is 1.24 bits per heavy atom. The second kappa shape index (κ2) is 10.0. The van der Waals surface area contributed by atoms with E-state index >= 15 is 0 Å². The number of ether oxygens (including phenoxy) is 2. The van der Waals surface area contributed by atoms with Crippen LogP contribution in [0.25, 0.3) is 0 Å². The molecule has 0 radical (unpaired) electrons. The first-order valence-electron chi connectivity index (χ1n) is 12.5. The fourth-order valence-electron chi connectivity index (χ4n) is 6.02. The fourth-order valence-corrected chi connectivity index (χ4v) is 6.02. The van der Waals surface area contributed by atoms with Crippen molar-refractivity contribution in [2.45, 2.75) is 77.0 Å². The van der Waals surface area contributed by atoms with E-state index < -0.39 is 35.6 Å². The summed E-state index contributed by atoms with van der Waals surface area (Å²) in [6.07, 6.45) is 3.94. The summed E-state index contributed by atoms with van der Waals surface area (Å²) in [7, 11) is 0. The number of rotatable bonds is 10. The van der Waals surface area contributed by atoms with Gasteiger partial charge in [-0.2, -0.15) is 0 Å². The minimum absolute atomic E-state index is 0.144. The first-order chi connectivity index (χ1) is 16.3. The summed E-state index contributed by atoms with van der Waals surface area (Å²) in [5, 5.41) is 12.1. The molecule has 3 aliphatic heterocycles. The largest absolute Gasteiger partial charge is 0.466 e. The number of aliphatic hydroxyl groups excluding tert-OH is 1. The monoisotopic (exact) mass is 472 g/mol. The smallest absolute Gasteiger partial charge is 0.312 e. The van der Waals surface area contributed by atoms with Crippen LogP contribution in [0.4, 0.5) is 5.69 Å². The van der Waals surface area contributed by atoms with Crippen LogP contribution in [-0.2, 0) is 23.9 Å². The molecular formula is C26H36N2O6. The standard InChI is InChI=1S/C26H36N2O6/c1-4-33-25(32)20-19-11-12-26(34-19)21(20)24(31)28(13-7-5-6-8-14-29)22(26)23(30)27-18-15-16(2)9-10-17(18)3/h9-10,15,19-22,29H,4-8,11-14H2,1-3H3,(H,27,30)/t19-,20+,21-,22?,26?/m0/s1. The first-order valence-corrected chi connectivity index (χ1v) is 12.5. The van der Waals surface area contributed by atoms with E-state index in [9.17, 15) is 14.4 Å². The maximum absolute atomic E-state index is 13.8. The number of carbonyl (C=O) groups is 3. The van der Waals surface area contributed by atoms with Crippen LogP contribution in [0, 0.1) is 25.7 Å². The predicted octanol–water partition coefficient (Wildman–Crippen LogP) is 2.73. The molecule has 8 heteroatoms. The molecule has 3 heterocycles. The van der Waals surface area contributed by atoms with Crippen molar-refractivity contribution in [1.29, 1.82) is 0 Å². The van der Waals surface area contributed by atoms with Gasteiger partial charge in [-0.1, -0.05) is 25.0 Å². The van der Waals surface area contributed by atoms with E-state index in [1.807, 2.05) is 32.0 Å². The Morgan fingerprint density at radius 3 is 2.74 bits per heavy atom. The van der Waals surface area contributed by atoms with Crippen LogP contribution >= 0.6 is 0 Å². The molecule has 2 unspecified atom stereocenters. The molecule has 34 heavy (non-hydrogen) atoms. The average Bonchev–Trinajstić information content (AvgIpc) is 3.44. The molecule has 0 saturated carbocycles. The lowest BCUT2D eigenvalue weighted by Crippen LogP contribution is -2.53. The second-order valence-electron chi connectivity index (χ2n) is 9.79. The summed E-state index contributed by atoms with van der Waals surface area (Å²) in [5.41, 5.74) is 1.68. The van der Waals surface area contributed by atoms with Gasteiger partial charge < -0.3 is 24.8 Å². The number of anilines is 1. The van der Waals surface area contributed by atoms with Crippen LogP contribution < -0.4 is 5.32 Å². The highest BCUT2D eigenvalue weighted by atomic mass is 16.6. The third kappa shape index (κ3) is 4.22. The Hall–Kier alpha value is -2.45. The Bertz CT molecular complexity index is 949. The molecule has 3 fully saturated rings. The van der Waals surface area contributed by atoms with Gasteiger partial charge in [0.25, 0.3) is 0 Å². The number of carbonyl (C=O) groups excluding carboxylic acids is 3. The molecule has 1 aromatic rings. The van der Waals surface area contributed by atoms with Gasteiger partial charge >= 0.3 is 5.97 Å². The molecule has 3 saturated heterocycles. The maximum atomic E-state index is 13.8. The van der Waals surface area contributed by atoms with Gasteiger partial charge in [-0.3, -0.25) is 14.4 Å². The zero-order valence-electron chi connectivity index (χ0n) is 20.3. The highest BCUT2D eigenvalue weighted by Gasteiger charge is 2.74. The van der Waals surface area contributed by atoms with Crippen LogP contribution in [0.3, 0.4) is 0 Å². The second-order valence-corrected chi connectivity index (χ2v) is 9.79. The zero-order chi connectivity index (χ0) is 24.5. The van der Waals surface area contributed by atoms with Crippen molar-refractivity contribution in [2.24, 2.45) is 11.8 Å². The fraction of sp³-hybridized carbons (Fsp3) is 0.654. The Balaban J connectivity index is 1.63. The first kappa shape index (κ1) is 24.7. The lowest BCUT2D eigenvalue weighted by molar-refractivity contribution is -0.154. The third-order valence-electron chi connectivity index (χ3n) is 7.57. The van der Waals surface area contributed by atoms with Crippen LogP contribution in [0.1, 0.15) is 56.6 Å². The number of likely N-dealkylation sites (tertiary alicyclic amines) is 1. The number of aliphatic hydroxyl groups is 1. The molecule has 186 valence electrons. The van der Waals surface area contributed by atoms with Crippen LogP contribution in [0.15, 0.2) is 18.2 Å². The molecule has 2 bridgehead atoms. The average molecular weight is 473 g/mol. The maximum Gasteiger partial charge on any atom is 0.312 e. The molecular weight excluding hydrogens is 436 g/mol. The quantitative estimate of drug-likeness (QED) is 0.401. The molecule has 4 rings (SSSR count). The van der Waals surface area contributed by atoms with Crippen molar-refractivity contribution in [3.8, 4) is 0 Å². The summed E-state index contributed by atoms with van der Waals surface area (Å²) >= 11 is 0. The summed E-state index contributed by atoms with van der Waals surface area (Å²) in [6.45, 7) is 6.44. The molecule has 3 aliphatic rings. The van der Waals surface area contributed by atoms with Crippen molar-refractivity contribution < 1.29 is 29.0 Å². The van der Waals surface area contributed by atoms with E-state index in [2.05, 4.69) is 5.32 Å². The Morgan fingerprint density at radius 2 is 2.00 bits per heavy atom. The molecule has 2 N–H and O–H groups in total. The van der Waals surface area contributed by atoms with Gasteiger partial charge in [0.1, 0.15) is 11.6 Å². The van der Waals surface area contributed by atoms with Crippen LogP contribution in [0.2, 0.25) is 0 Å². The van der Waals surface area contributed by atoms with Gasteiger partial charge in [-0.25, -0.2) is 0 Å². The number of nitrogens with zero attached hydrogens (tertiary/aromatic N) is 1. The van der Waals surface area contributed by atoms with E-state index in [0.29, 0.717) is 25.8 Å². The number of unbranched alkanes of at least 4 members (excludes halogenated alkanes) is 3. The molecule has 5 atom stereocenters. The van der Waals surface area contributed by atoms with Crippen molar-refractivity contribution >= 4 is 23.5 Å². The van der Waals surface area contributed by atoms with E-state index in [4.69, 9.17) is 14.6 Å². The summed E-state index contributed by atoms with van der Waals surface area (Å²) < 4.78 is 11.7. The number of aryl methyl sites for hydroxylation is 2. The number of amides is 2. The number of hydrogen-bond donors (Lipinski definition) is 2. The summed E-state index contributed by atoms with van der Waals surface area (Å²) in [4.78, 5) is 41.9. The molecule has 0 aromatic heterocycles. The van der Waals surface area contributed by atoms with Gasteiger partial charge in [0.15, 0.2) is 0 Å². The minimum Gasteiger partial charge on any atom is -0.466 e. The molecule has 8 nitrogen and oxygen atoms in total. The summed E-state index contributed by atoms with van der Waals surface area (Å²) in [6, 6.07) is 5.07. The third-order valence-corrected chi connectivity index (χ3v) is 7.57. The highest BCUT2D eigenvalue weighted by Crippen LogP contribution is 2.58. The number of hydrogen-bond acceptors (Lipinski definition) is 6. The molecule has 1 spiro atoms. The minimum atomic E-state index is -1.01. The molecule has 2 amide bonds. The number of benzene rings is 1. The van der Waals surface area contributed by atoms with Gasteiger partial charge in [-0.15, -0.1) is 0 Å². The van der Waals surface area contributed by atoms with Gasteiger partial charge in [0, 0.05) is 18.8 Å². The van der Waals surface area contributed by atoms with E-state index in [1.165, 1.54) is 0 Å². The highest BCUT2D eigenvalue weighted by molar-refractivity contribution is 6.03. The Labute approximate surface area is 201 Å². The molecule has 0 aliphatic carbocycles. The van der Waals surface area contributed by atoms with Gasteiger partial charge in [0.05, 0.1) is 24.5 Å². The van der Waals surface area contributed by atoms with Crippen LogP contribution in [-0.4, -0.2) is 65.3 Å². The lowest BCUT2D eigenvalue weighted by atomic mass is 9.70. The van der Waals surface area contributed by atoms with Crippen molar-refractivity contribution in [3.63, 3.8) is 0 Å². The number of fused-ring (bicyclic) bond motifs is 1. The number of esters is 1. The van der Waals surface area contributed by atoms with Crippen molar-refractivity contribution in [2.75, 3.05) is 25.1 Å². The van der Waals surface area contributed by atoms with Gasteiger partial charge in [-0.05, 0) is 63.6 Å². The topological polar surface area (TPSA) is 105 Å². The zero-order valence-corrected chi connectivity index (χ0v) is 20.3. The van der Waals surface area contributed by atoms with Crippen molar-refractivity contribution in [3.05, 3.63) is 29.3 Å². The van der Waals surface area contributed by atoms with E-state index in [1.54, 1.807) is 11.8 Å². The van der Waals surface area contributed by atoms with Gasteiger partial charge in [0.2, 0.25) is 11.8 Å². The number of nitrogens with one attached hydrogen (secondary N) is 1.